The van der Waals surface area contributed by atoms with Crippen LogP contribution in [0, 0.1) is 6.92 Å². The fourth-order valence-electron chi connectivity index (χ4n) is 3.09. The Labute approximate surface area is 125 Å². The van der Waals surface area contributed by atoms with Crippen LogP contribution in [0.5, 0.6) is 0 Å². The lowest BCUT2D eigenvalue weighted by Gasteiger charge is -2.20. The number of tetrazole rings is 1. The van der Waals surface area contributed by atoms with Gasteiger partial charge in [0.2, 0.25) is 0 Å². The Bertz CT molecular complexity index is 596. The molecular weight excluding hydrogens is 262 g/mol. The van der Waals surface area contributed by atoms with Crippen LogP contribution in [-0.4, -0.2) is 20.2 Å². The molecule has 2 aromatic rings. The third kappa shape index (κ3) is 3.06. The van der Waals surface area contributed by atoms with E-state index in [0.717, 1.165) is 22.6 Å². The zero-order valence-corrected chi connectivity index (χ0v) is 12.6. The Morgan fingerprint density at radius 3 is 2.52 bits per heavy atom. The Morgan fingerprint density at radius 1 is 1.10 bits per heavy atom. The van der Waals surface area contributed by atoms with E-state index in [1.807, 2.05) is 23.7 Å². The van der Waals surface area contributed by atoms with Gasteiger partial charge in [-0.3, -0.25) is 0 Å². The summed E-state index contributed by atoms with van der Waals surface area (Å²) in [7, 11) is 0. The first-order valence-corrected chi connectivity index (χ1v) is 7.90. The number of hydrogen-bond acceptors (Lipinski definition) is 4. The molecule has 0 saturated heterocycles. The number of benzene rings is 1. The molecule has 3 rings (SSSR count). The molecule has 1 fully saturated rings. The first kappa shape index (κ1) is 14.0. The van der Waals surface area contributed by atoms with E-state index in [-0.39, 0.29) is 0 Å². The monoisotopic (exact) mass is 285 g/mol. The summed E-state index contributed by atoms with van der Waals surface area (Å²) in [6.45, 7) is 2.01. The summed E-state index contributed by atoms with van der Waals surface area (Å²) in [4.78, 5) is 0. The van der Waals surface area contributed by atoms with Gasteiger partial charge in [-0.25, -0.2) is 4.68 Å². The van der Waals surface area contributed by atoms with E-state index >= 15 is 0 Å². The second-order valence-electron chi connectivity index (χ2n) is 6.02. The van der Waals surface area contributed by atoms with E-state index in [0.29, 0.717) is 6.04 Å². The van der Waals surface area contributed by atoms with E-state index in [9.17, 15) is 0 Å². The Balaban J connectivity index is 1.90. The Morgan fingerprint density at radius 2 is 1.81 bits per heavy atom. The first-order chi connectivity index (χ1) is 10.3. The number of aryl methyl sites for hydroxylation is 1. The normalized spacial score (nSPS) is 17.4. The van der Waals surface area contributed by atoms with E-state index in [2.05, 4.69) is 21.6 Å². The number of nitrogens with two attached hydrogens (primary N) is 1. The second-order valence-corrected chi connectivity index (χ2v) is 6.02. The molecule has 1 heterocycles. The Kier molecular flexibility index (Phi) is 4.18. The maximum absolute atomic E-state index is 6.02. The average molecular weight is 285 g/mol. The van der Waals surface area contributed by atoms with E-state index < -0.39 is 0 Å². The molecule has 5 heteroatoms. The van der Waals surface area contributed by atoms with Gasteiger partial charge < -0.3 is 5.73 Å². The molecule has 0 atom stereocenters. The number of anilines is 1. The highest BCUT2D eigenvalue weighted by Gasteiger charge is 2.19. The van der Waals surface area contributed by atoms with Crippen molar-refractivity contribution in [1.82, 2.24) is 20.2 Å². The van der Waals surface area contributed by atoms with Gasteiger partial charge in [0.05, 0.1) is 6.04 Å². The van der Waals surface area contributed by atoms with Crippen LogP contribution in [0.3, 0.4) is 0 Å². The molecule has 1 aliphatic rings. The van der Waals surface area contributed by atoms with Gasteiger partial charge in [0.1, 0.15) is 0 Å². The summed E-state index contributed by atoms with van der Waals surface area (Å²) in [5.74, 6) is 0.840. The van der Waals surface area contributed by atoms with Gasteiger partial charge in [0.15, 0.2) is 5.82 Å². The molecule has 0 aliphatic heterocycles. The minimum absolute atomic E-state index is 0.415. The quantitative estimate of drug-likeness (QED) is 0.857. The maximum atomic E-state index is 6.02. The molecular formula is C16H23N5. The average Bonchev–Trinajstić information content (AvgIpc) is 2.91. The SMILES string of the molecule is Cc1ccc(-c2nnnn2C2CCCCCCC2)cc1N. The van der Waals surface area contributed by atoms with Crippen molar-refractivity contribution in [2.75, 3.05) is 5.73 Å². The smallest absolute Gasteiger partial charge is 0.182 e. The van der Waals surface area contributed by atoms with Crippen molar-refractivity contribution in [1.29, 1.82) is 0 Å². The molecule has 0 amide bonds. The summed E-state index contributed by atoms with van der Waals surface area (Å²) in [6, 6.07) is 6.47. The molecule has 1 aromatic heterocycles. The van der Waals surface area contributed by atoms with Gasteiger partial charge in [-0.1, -0.05) is 44.2 Å². The maximum Gasteiger partial charge on any atom is 0.182 e. The molecule has 1 aromatic carbocycles. The fourth-order valence-corrected chi connectivity index (χ4v) is 3.09. The topological polar surface area (TPSA) is 69.6 Å². The molecule has 1 aliphatic carbocycles. The first-order valence-electron chi connectivity index (χ1n) is 7.90. The van der Waals surface area contributed by atoms with Crippen molar-refractivity contribution in [3.63, 3.8) is 0 Å². The predicted octanol–water partition coefficient (Wildman–Crippen LogP) is 3.52. The van der Waals surface area contributed by atoms with Gasteiger partial charge in [0, 0.05) is 11.3 Å². The highest BCUT2D eigenvalue weighted by atomic mass is 15.5. The number of hydrogen-bond donors (Lipinski definition) is 1. The molecule has 112 valence electrons. The minimum atomic E-state index is 0.415. The van der Waals surface area contributed by atoms with Gasteiger partial charge in [0.25, 0.3) is 0 Å². The van der Waals surface area contributed by atoms with E-state index in [1.54, 1.807) is 0 Å². The van der Waals surface area contributed by atoms with Crippen molar-refractivity contribution in [2.45, 2.75) is 57.9 Å². The van der Waals surface area contributed by atoms with E-state index in [4.69, 9.17) is 5.73 Å². The number of rotatable bonds is 2. The minimum Gasteiger partial charge on any atom is -0.398 e. The van der Waals surface area contributed by atoms with E-state index in [1.165, 1.54) is 44.9 Å². The van der Waals surface area contributed by atoms with Gasteiger partial charge in [-0.05, 0) is 41.8 Å². The zero-order valence-electron chi connectivity index (χ0n) is 12.6. The number of nitrogen functional groups attached to an aromatic ring is 1. The summed E-state index contributed by atoms with van der Waals surface area (Å²) < 4.78 is 2.01. The molecule has 1 saturated carbocycles. The van der Waals surface area contributed by atoms with Crippen LogP contribution in [0.25, 0.3) is 11.4 Å². The lowest BCUT2D eigenvalue weighted by Crippen LogP contribution is -2.14. The highest BCUT2D eigenvalue weighted by Crippen LogP contribution is 2.30. The van der Waals surface area contributed by atoms with Gasteiger partial charge in [-0.15, -0.1) is 5.10 Å². The molecule has 21 heavy (non-hydrogen) atoms. The largest absolute Gasteiger partial charge is 0.398 e. The molecule has 0 unspecified atom stereocenters. The van der Waals surface area contributed by atoms with Crippen LogP contribution >= 0.6 is 0 Å². The predicted molar refractivity (Wildman–Crippen MR) is 83.8 cm³/mol. The lowest BCUT2D eigenvalue weighted by molar-refractivity contribution is 0.345. The van der Waals surface area contributed by atoms with Gasteiger partial charge in [-0.2, -0.15) is 0 Å². The molecule has 5 nitrogen and oxygen atoms in total. The van der Waals surface area contributed by atoms with Crippen molar-refractivity contribution in [3.05, 3.63) is 23.8 Å². The van der Waals surface area contributed by atoms with Crippen molar-refractivity contribution in [3.8, 4) is 11.4 Å². The second kappa shape index (κ2) is 6.24. The molecule has 0 spiro atoms. The number of nitrogens with zero attached hydrogens (tertiary/aromatic N) is 4. The Hall–Kier alpha value is -1.91. The third-order valence-corrected chi connectivity index (χ3v) is 4.45. The van der Waals surface area contributed by atoms with Crippen LogP contribution in [0.2, 0.25) is 0 Å². The summed E-state index contributed by atoms with van der Waals surface area (Å²) >= 11 is 0. The standard InChI is InChI=1S/C16H23N5/c1-12-9-10-13(11-15(12)17)16-18-19-20-21(16)14-7-5-3-2-4-6-8-14/h9-11,14H,2-8,17H2,1H3. The van der Waals surface area contributed by atoms with Gasteiger partial charge >= 0.3 is 0 Å². The van der Waals surface area contributed by atoms with Crippen LogP contribution in [0.4, 0.5) is 5.69 Å². The van der Waals surface area contributed by atoms with Crippen LogP contribution in [-0.2, 0) is 0 Å². The third-order valence-electron chi connectivity index (χ3n) is 4.45. The van der Waals surface area contributed by atoms with Crippen molar-refractivity contribution >= 4 is 5.69 Å². The highest BCUT2D eigenvalue weighted by molar-refractivity contribution is 5.63. The molecule has 0 bridgehead atoms. The fraction of sp³-hybridized carbons (Fsp3) is 0.562. The molecule has 2 N–H and O–H groups in total. The van der Waals surface area contributed by atoms with Crippen LogP contribution < -0.4 is 5.73 Å². The lowest BCUT2D eigenvalue weighted by atomic mass is 9.96. The summed E-state index contributed by atoms with van der Waals surface area (Å²) in [5.41, 5.74) is 8.91. The summed E-state index contributed by atoms with van der Waals surface area (Å²) in [5, 5.41) is 12.4. The van der Waals surface area contributed by atoms with Crippen LogP contribution in [0.1, 0.15) is 56.6 Å². The van der Waals surface area contributed by atoms with Crippen LogP contribution in [0.15, 0.2) is 18.2 Å². The van der Waals surface area contributed by atoms with Crippen molar-refractivity contribution < 1.29 is 0 Å². The number of aromatic nitrogens is 4. The van der Waals surface area contributed by atoms with Crippen molar-refractivity contribution in [2.24, 2.45) is 0 Å². The molecule has 0 radical (unpaired) electrons. The summed E-state index contributed by atoms with van der Waals surface area (Å²) in [6.07, 6.45) is 8.87. The zero-order chi connectivity index (χ0) is 14.7.